The molecule has 0 aliphatic rings. The van der Waals surface area contributed by atoms with E-state index < -0.39 is 23.7 Å². The van der Waals surface area contributed by atoms with Crippen molar-refractivity contribution in [3.8, 4) is 0 Å². The van der Waals surface area contributed by atoms with Crippen molar-refractivity contribution in [2.45, 2.75) is 19.1 Å². The van der Waals surface area contributed by atoms with Crippen molar-refractivity contribution in [3.05, 3.63) is 0 Å². The van der Waals surface area contributed by atoms with Crippen LogP contribution in [0, 0.1) is 5.92 Å². The Hall–Kier alpha value is 2.51. The van der Waals surface area contributed by atoms with E-state index in [0.29, 0.717) is 5.92 Å². The van der Waals surface area contributed by atoms with Crippen molar-refractivity contribution in [2.24, 2.45) is 5.92 Å². The highest BCUT2D eigenvalue weighted by atomic mass is 35.8. The smallest absolute Gasteiger partial charge is 0.234 e. The molecule has 0 aromatic carbocycles. The van der Waals surface area contributed by atoms with E-state index in [1.807, 2.05) is 0 Å². The highest BCUT2D eigenvalue weighted by Gasteiger charge is 2.11. The normalized spacial score (nSPS) is 8.73. The molecule has 0 fully saturated rings. The van der Waals surface area contributed by atoms with Crippen molar-refractivity contribution < 1.29 is 0 Å². The lowest BCUT2D eigenvalue weighted by atomic mass is 10.3. The molecule has 0 rings (SSSR count). The lowest BCUT2D eigenvalue weighted by Gasteiger charge is -1.97. The molecule has 0 bridgehead atoms. The van der Waals surface area contributed by atoms with Crippen molar-refractivity contribution in [2.75, 3.05) is 0 Å². The van der Waals surface area contributed by atoms with Crippen molar-refractivity contribution >= 4 is 73.9 Å². The average Bonchev–Trinajstić information content (AvgIpc) is 1.56. The summed E-state index contributed by atoms with van der Waals surface area (Å²) < 4.78 is 0. The Morgan fingerprint density at radius 1 is 1.00 bits per heavy atom. The van der Waals surface area contributed by atoms with Gasteiger partial charge >= 0.3 is 23.7 Å². The Kier molecular flexibility index (Phi) is 15.4. The second kappa shape index (κ2) is 10.6. The van der Waals surface area contributed by atoms with Crippen LogP contribution in [-0.2, 0) is 0 Å². The van der Waals surface area contributed by atoms with Gasteiger partial charge in [-0.15, -0.1) is 0 Å². The van der Waals surface area contributed by atoms with E-state index >= 15 is 0 Å². The quantitative estimate of drug-likeness (QED) is 0.665. The summed E-state index contributed by atoms with van der Waals surface area (Å²) in [4.78, 5) is 0. The van der Waals surface area contributed by atoms with Gasteiger partial charge in [0.1, 0.15) is 0 Å². The summed E-state index contributed by atoms with van der Waals surface area (Å²) in [6.45, 7) is 4.26. The molecule has 0 aromatic rings. The highest BCUT2D eigenvalue weighted by molar-refractivity contribution is 7.54. The summed E-state index contributed by atoms with van der Waals surface area (Å²) in [6.07, 6.45) is 0. The molecular formula is C4H9Al2Cl5. The van der Waals surface area contributed by atoms with Gasteiger partial charge in [-0.1, -0.05) is 25.0 Å². The molecule has 0 unspecified atom stereocenters. The van der Waals surface area contributed by atoms with Crippen LogP contribution in [0.15, 0.2) is 0 Å². The van der Waals surface area contributed by atoms with Crippen LogP contribution in [-0.4, -0.2) is 23.7 Å². The first-order valence-corrected chi connectivity index (χ1v) is 12.6. The molecule has 0 spiro atoms. The zero-order valence-electron chi connectivity index (χ0n) is 6.33. The number of hydrogen-bond acceptors (Lipinski definition) is 0. The summed E-state index contributed by atoms with van der Waals surface area (Å²) in [5.74, 6) is 0.673. The van der Waals surface area contributed by atoms with Gasteiger partial charge in [-0.2, -0.15) is 0 Å². The molecule has 0 amide bonds. The van der Waals surface area contributed by atoms with Gasteiger partial charge < -0.3 is 0 Å². The molecule has 0 aliphatic carbocycles. The van der Waals surface area contributed by atoms with Gasteiger partial charge in [0.2, 0.25) is 0 Å². The summed E-state index contributed by atoms with van der Waals surface area (Å²) in [5.41, 5.74) is 0. The molecule has 0 heterocycles. The van der Waals surface area contributed by atoms with E-state index in [9.17, 15) is 0 Å². The average molecular weight is 288 g/mol. The largest absolute Gasteiger partial charge is 0.643 e. The fourth-order valence-corrected chi connectivity index (χ4v) is 3.21. The third-order valence-electron chi connectivity index (χ3n) is 0.650. The SMILES string of the molecule is CC(C)[CH2][Al]([Cl])[Cl].[Cl][Al]([Cl])[Cl]. The van der Waals surface area contributed by atoms with Gasteiger partial charge in [-0.25, -0.2) is 50.2 Å². The Morgan fingerprint density at radius 2 is 1.27 bits per heavy atom. The summed E-state index contributed by atoms with van der Waals surface area (Å²) in [5, 5.41) is 1.03. The molecule has 0 aliphatic heterocycles. The van der Waals surface area contributed by atoms with E-state index in [4.69, 9.17) is 50.2 Å². The van der Waals surface area contributed by atoms with Crippen molar-refractivity contribution in [1.29, 1.82) is 0 Å². The molecular weight excluding hydrogens is 279 g/mol. The molecule has 0 radical (unpaired) electrons. The molecule has 0 saturated carbocycles. The predicted octanol–water partition coefficient (Wildman–Crippen LogP) is 4.30. The van der Waals surface area contributed by atoms with Crippen molar-refractivity contribution in [3.63, 3.8) is 0 Å². The maximum absolute atomic E-state index is 5.58. The molecule has 0 atom stereocenters. The third-order valence-corrected chi connectivity index (χ3v) is 3.02. The second-order valence-corrected chi connectivity index (χ2v) is 13.8. The maximum Gasteiger partial charge on any atom is 0.643 e. The minimum absolute atomic E-state index is 0.673. The fourth-order valence-electron chi connectivity index (χ4n) is 0.356. The van der Waals surface area contributed by atoms with E-state index in [-0.39, 0.29) is 0 Å². The Morgan fingerprint density at radius 3 is 1.27 bits per heavy atom. The topological polar surface area (TPSA) is 0 Å². The van der Waals surface area contributed by atoms with Crippen LogP contribution in [0.2, 0.25) is 5.28 Å². The zero-order chi connectivity index (χ0) is 9.44. The maximum atomic E-state index is 5.58. The Balaban J connectivity index is 0. The Labute approximate surface area is 97.9 Å². The van der Waals surface area contributed by atoms with Crippen molar-refractivity contribution in [1.82, 2.24) is 0 Å². The van der Waals surface area contributed by atoms with Gasteiger partial charge in [-0.3, -0.25) is 0 Å². The standard InChI is InChI=1S/C4H9.2Al.5ClH/c1-4(2)3;;;;;;;/h4H,1H2,2-3H3;;;5*1H/q;+2;+3;;;;;/p-5. The van der Waals surface area contributed by atoms with Crippen LogP contribution in [0.4, 0.5) is 0 Å². The zero-order valence-corrected chi connectivity index (χ0v) is 12.4. The van der Waals surface area contributed by atoms with Gasteiger partial charge in [0.15, 0.2) is 0 Å². The predicted molar refractivity (Wildman–Crippen MR) is 60.4 cm³/mol. The lowest BCUT2D eigenvalue weighted by Crippen LogP contribution is -1.97. The molecule has 7 heteroatoms. The molecule has 11 heavy (non-hydrogen) atoms. The number of hydrogen-bond donors (Lipinski definition) is 0. The third kappa shape index (κ3) is 32.6. The molecule has 66 valence electrons. The van der Waals surface area contributed by atoms with E-state index in [2.05, 4.69) is 13.8 Å². The van der Waals surface area contributed by atoms with E-state index in [0.717, 1.165) is 5.28 Å². The van der Waals surface area contributed by atoms with Gasteiger partial charge in [0.25, 0.3) is 0 Å². The number of rotatable bonds is 2. The molecule has 0 aromatic heterocycles. The first-order chi connectivity index (χ1) is 4.86. The second-order valence-electron chi connectivity index (χ2n) is 2.27. The molecule has 0 nitrogen and oxygen atoms in total. The first kappa shape index (κ1) is 16.0. The Bertz CT molecular complexity index is 68.1. The van der Waals surface area contributed by atoms with Gasteiger partial charge in [-0.05, 0) is 0 Å². The summed E-state index contributed by atoms with van der Waals surface area (Å²) in [7, 11) is 26.0. The summed E-state index contributed by atoms with van der Waals surface area (Å²) >= 11 is -3.01. The van der Waals surface area contributed by atoms with Crippen LogP contribution in [0.5, 0.6) is 0 Å². The first-order valence-electron chi connectivity index (χ1n) is 3.06. The van der Waals surface area contributed by atoms with Gasteiger partial charge in [0, 0.05) is 0 Å². The van der Waals surface area contributed by atoms with E-state index in [1.54, 1.807) is 0 Å². The lowest BCUT2D eigenvalue weighted by molar-refractivity contribution is 0.732. The minimum atomic E-state index is -1.72. The minimum Gasteiger partial charge on any atom is -0.234 e. The van der Waals surface area contributed by atoms with Crippen LogP contribution in [0.3, 0.4) is 0 Å². The molecule has 0 saturated heterocycles. The van der Waals surface area contributed by atoms with Crippen LogP contribution < -0.4 is 0 Å². The van der Waals surface area contributed by atoms with Gasteiger partial charge in [0.05, 0.1) is 0 Å². The molecule has 0 N–H and O–H groups in total. The fraction of sp³-hybridized carbons (Fsp3) is 1.00. The van der Waals surface area contributed by atoms with E-state index in [1.165, 1.54) is 0 Å². The highest BCUT2D eigenvalue weighted by Crippen LogP contribution is 2.10. The van der Waals surface area contributed by atoms with Crippen LogP contribution in [0.1, 0.15) is 13.8 Å². The van der Waals surface area contributed by atoms with Crippen LogP contribution >= 0.6 is 50.2 Å². The monoisotopic (exact) mass is 286 g/mol. The number of halogens is 5. The summed E-state index contributed by atoms with van der Waals surface area (Å²) in [6, 6.07) is 0. The van der Waals surface area contributed by atoms with Crippen LogP contribution in [0.25, 0.3) is 0 Å².